The van der Waals surface area contributed by atoms with Gasteiger partial charge in [0.2, 0.25) is 18.2 Å². The highest BCUT2D eigenvalue weighted by Crippen LogP contribution is 2.40. The second-order valence-corrected chi connectivity index (χ2v) is 8.76. The lowest BCUT2D eigenvalue weighted by Gasteiger charge is -2.25. The Labute approximate surface area is 199 Å². The molecule has 170 valence electrons. The van der Waals surface area contributed by atoms with Gasteiger partial charge in [0.25, 0.3) is 0 Å². The van der Waals surface area contributed by atoms with Gasteiger partial charge in [0.05, 0.1) is 25.1 Å². The number of ether oxygens (including phenoxy) is 2. The largest absolute Gasteiger partial charge is 0.438 e. The van der Waals surface area contributed by atoms with Gasteiger partial charge in [-0.1, -0.05) is 36.4 Å². The number of morpholine rings is 1. The lowest BCUT2D eigenvalue weighted by Crippen LogP contribution is -2.36. The van der Waals surface area contributed by atoms with Gasteiger partial charge in [0, 0.05) is 29.6 Å². The average molecular weight is 472 g/mol. The molecule has 1 aliphatic rings. The lowest BCUT2D eigenvalue weighted by atomic mass is 10.1. The van der Waals surface area contributed by atoms with E-state index in [1.807, 2.05) is 42.5 Å². The van der Waals surface area contributed by atoms with E-state index >= 15 is 0 Å². The maximum atomic E-state index is 6.40. The maximum absolute atomic E-state index is 6.40. The SMILES string of the molecule is c1ccc(-c2csc3nc(CN4CCOCC4)nc(Oc4cccc(-c5nnco5)c4)c23)cc1. The van der Waals surface area contributed by atoms with E-state index in [-0.39, 0.29) is 0 Å². The van der Waals surface area contributed by atoms with Crippen molar-refractivity contribution in [1.82, 2.24) is 25.1 Å². The fourth-order valence-electron chi connectivity index (χ4n) is 3.99. The first kappa shape index (κ1) is 20.9. The van der Waals surface area contributed by atoms with E-state index in [1.165, 1.54) is 6.39 Å². The van der Waals surface area contributed by atoms with Crippen molar-refractivity contribution in [3.63, 3.8) is 0 Å². The molecule has 0 N–H and O–H groups in total. The summed E-state index contributed by atoms with van der Waals surface area (Å²) in [6, 6.07) is 17.8. The number of hydrogen-bond acceptors (Lipinski definition) is 9. The third kappa shape index (κ3) is 4.28. The topological polar surface area (TPSA) is 86.4 Å². The second-order valence-electron chi connectivity index (χ2n) is 7.90. The van der Waals surface area contributed by atoms with Crippen LogP contribution < -0.4 is 4.74 Å². The number of benzene rings is 2. The summed E-state index contributed by atoms with van der Waals surface area (Å²) < 4.78 is 17.2. The molecule has 8 nitrogen and oxygen atoms in total. The molecule has 5 aromatic rings. The van der Waals surface area contributed by atoms with Gasteiger partial charge in [-0.2, -0.15) is 4.98 Å². The van der Waals surface area contributed by atoms with E-state index in [1.54, 1.807) is 11.3 Å². The van der Waals surface area contributed by atoms with Gasteiger partial charge in [-0.05, 0) is 23.8 Å². The van der Waals surface area contributed by atoms with Crippen molar-refractivity contribution in [1.29, 1.82) is 0 Å². The molecule has 0 bridgehead atoms. The van der Waals surface area contributed by atoms with E-state index < -0.39 is 0 Å². The lowest BCUT2D eigenvalue weighted by molar-refractivity contribution is 0.0330. The smallest absolute Gasteiger partial charge is 0.247 e. The van der Waals surface area contributed by atoms with Gasteiger partial charge < -0.3 is 13.9 Å². The standard InChI is InChI=1S/C25H21N5O3S/c1-2-5-17(6-3-1)20-15-34-25-22(20)24(27-21(28-25)14-30-9-11-31-12-10-30)33-19-8-4-7-18(13-19)23-29-26-16-32-23/h1-8,13,15-16H,9-12,14H2. The Morgan fingerprint density at radius 2 is 1.82 bits per heavy atom. The number of fused-ring (bicyclic) bond motifs is 1. The predicted molar refractivity (Wildman–Crippen MR) is 129 cm³/mol. The molecule has 0 aliphatic carbocycles. The summed E-state index contributed by atoms with van der Waals surface area (Å²) >= 11 is 1.60. The number of aromatic nitrogens is 4. The molecule has 0 unspecified atom stereocenters. The molecular formula is C25H21N5O3S. The zero-order chi connectivity index (χ0) is 22.7. The minimum absolute atomic E-state index is 0.437. The first-order valence-corrected chi connectivity index (χ1v) is 11.9. The monoisotopic (exact) mass is 471 g/mol. The van der Waals surface area contributed by atoms with Crippen LogP contribution in [0.5, 0.6) is 11.6 Å². The highest BCUT2D eigenvalue weighted by atomic mass is 32.1. The van der Waals surface area contributed by atoms with Gasteiger partial charge in [-0.25, -0.2) is 4.98 Å². The summed E-state index contributed by atoms with van der Waals surface area (Å²) in [5.41, 5.74) is 2.94. The Bertz CT molecular complexity index is 1400. The molecule has 34 heavy (non-hydrogen) atoms. The van der Waals surface area contributed by atoms with Crippen molar-refractivity contribution in [3.8, 4) is 34.2 Å². The number of thiophene rings is 1. The van der Waals surface area contributed by atoms with Crippen LogP contribution in [0, 0.1) is 0 Å². The van der Waals surface area contributed by atoms with Crippen molar-refractivity contribution < 1.29 is 13.9 Å². The minimum Gasteiger partial charge on any atom is -0.438 e. The zero-order valence-electron chi connectivity index (χ0n) is 18.3. The van der Waals surface area contributed by atoms with Gasteiger partial charge in [-0.15, -0.1) is 21.5 Å². The number of hydrogen-bond donors (Lipinski definition) is 0. The maximum Gasteiger partial charge on any atom is 0.247 e. The number of nitrogens with zero attached hydrogens (tertiary/aromatic N) is 5. The summed E-state index contributed by atoms with van der Waals surface area (Å²) in [6.45, 7) is 3.83. The van der Waals surface area contributed by atoms with Crippen LogP contribution in [0.4, 0.5) is 0 Å². The number of rotatable bonds is 6. The van der Waals surface area contributed by atoms with Crippen LogP contribution in [0.25, 0.3) is 32.8 Å². The second kappa shape index (κ2) is 9.30. The molecule has 4 heterocycles. The van der Waals surface area contributed by atoms with E-state index in [4.69, 9.17) is 23.9 Å². The van der Waals surface area contributed by atoms with Crippen LogP contribution in [0.15, 0.2) is 70.8 Å². The van der Waals surface area contributed by atoms with Crippen LogP contribution in [0.2, 0.25) is 0 Å². The third-order valence-corrected chi connectivity index (χ3v) is 6.53. The summed E-state index contributed by atoms with van der Waals surface area (Å²) in [7, 11) is 0. The molecule has 1 fully saturated rings. The fraction of sp³-hybridized carbons (Fsp3) is 0.200. The van der Waals surface area contributed by atoms with Crippen LogP contribution in [-0.2, 0) is 11.3 Å². The first-order valence-electron chi connectivity index (χ1n) is 11.0. The molecule has 0 saturated carbocycles. The van der Waals surface area contributed by atoms with E-state index in [2.05, 4.69) is 32.6 Å². The van der Waals surface area contributed by atoms with E-state index in [0.717, 1.165) is 59.0 Å². The van der Waals surface area contributed by atoms with Gasteiger partial charge in [0.15, 0.2) is 0 Å². The molecule has 3 aromatic heterocycles. The van der Waals surface area contributed by atoms with Crippen LogP contribution in [0.3, 0.4) is 0 Å². The summed E-state index contributed by atoms with van der Waals surface area (Å²) in [6.07, 6.45) is 1.31. The molecule has 0 spiro atoms. The van der Waals surface area contributed by atoms with E-state index in [9.17, 15) is 0 Å². The van der Waals surface area contributed by atoms with Gasteiger partial charge >= 0.3 is 0 Å². The van der Waals surface area contributed by atoms with Crippen molar-refractivity contribution in [2.24, 2.45) is 0 Å². The molecule has 2 aromatic carbocycles. The summed E-state index contributed by atoms with van der Waals surface area (Å²) in [5.74, 6) is 2.35. The third-order valence-electron chi connectivity index (χ3n) is 5.66. The first-order chi connectivity index (χ1) is 16.8. The normalized spacial score (nSPS) is 14.5. The zero-order valence-corrected chi connectivity index (χ0v) is 19.1. The molecular weight excluding hydrogens is 450 g/mol. The van der Waals surface area contributed by atoms with Crippen LogP contribution in [-0.4, -0.2) is 51.4 Å². The van der Waals surface area contributed by atoms with Crippen LogP contribution >= 0.6 is 11.3 Å². The highest BCUT2D eigenvalue weighted by molar-refractivity contribution is 7.17. The Morgan fingerprint density at radius 1 is 0.971 bits per heavy atom. The van der Waals surface area contributed by atoms with Crippen molar-refractivity contribution in [3.05, 3.63) is 72.2 Å². The average Bonchev–Trinajstić information content (AvgIpc) is 3.56. The fourth-order valence-corrected chi connectivity index (χ4v) is 4.95. The summed E-state index contributed by atoms with van der Waals surface area (Å²) in [4.78, 5) is 13.0. The molecule has 1 aliphatic heterocycles. The Hall–Kier alpha value is -3.66. The van der Waals surface area contributed by atoms with Gasteiger partial charge in [0.1, 0.15) is 16.4 Å². The molecule has 0 amide bonds. The highest BCUT2D eigenvalue weighted by Gasteiger charge is 2.20. The quantitative estimate of drug-likeness (QED) is 0.341. The van der Waals surface area contributed by atoms with Crippen molar-refractivity contribution in [2.45, 2.75) is 6.54 Å². The Kier molecular flexibility index (Phi) is 5.72. The molecule has 0 radical (unpaired) electrons. The molecule has 9 heteroatoms. The molecule has 0 atom stereocenters. The predicted octanol–water partition coefficient (Wildman–Crippen LogP) is 5.03. The van der Waals surface area contributed by atoms with E-state index in [0.29, 0.717) is 24.1 Å². The van der Waals surface area contributed by atoms with Gasteiger partial charge in [-0.3, -0.25) is 4.90 Å². The Morgan fingerprint density at radius 3 is 2.65 bits per heavy atom. The van der Waals surface area contributed by atoms with Crippen molar-refractivity contribution >= 4 is 21.6 Å². The molecule has 1 saturated heterocycles. The summed E-state index contributed by atoms with van der Waals surface area (Å²) in [5, 5.41) is 10.8. The minimum atomic E-state index is 0.437. The Balaban J connectivity index is 1.42. The molecule has 6 rings (SSSR count). The van der Waals surface area contributed by atoms with Crippen molar-refractivity contribution in [2.75, 3.05) is 26.3 Å². The van der Waals surface area contributed by atoms with Crippen LogP contribution in [0.1, 0.15) is 5.82 Å².